The third-order valence-electron chi connectivity index (χ3n) is 16.6. The number of rotatable bonds is 4. The summed E-state index contributed by atoms with van der Waals surface area (Å²) < 4.78 is 8.96. The number of aromatic nitrogens is 1. The number of fused-ring (bicyclic) bond motifs is 21. The van der Waals surface area contributed by atoms with E-state index in [0.717, 1.165) is 22.8 Å². The van der Waals surface area contributed by atoms with E-state index in [-0.39, 0.29) is 11.5 Å². The molecule has 0 saturated carbocycles. The van der Waals surface area contributed by atoms with Gasteiger partial charge in [0, 0.05) is 33.4 Å². The summed E-state index contributed by atoms with van der Waals surface area (Å²) in [5, 5.41) is 10.1. The lowest BCUT2D eigenvalue weighted by molar-refractivity contribution is 0.228. The molecule has 12 aromatic rings. The normalized spacial score (nSPS) is 18.9. The molecule has 0 saturated heterocycles. The summed E-state index contributed by atoms with van der Waals surface area (Å²) >= 11 is 0. The Hall–Kier alpha value is -8.92. The van der Waals surface area contributed by atoms with Crippen LogP contribution >= 0.6 is 0 Å². The van der Waals surface area contributed by atoms with Crippen molar-refractivity contribution in [3.8, 4) is 22.6 Å². The van der Waals surface area contributed by atoms with Gasteiger partial charge >= 0.3 is 0 Å². The Morgan fingerprint density at radius 1 is 0.437 bits per heavy atom. The predicted molar refractivity (Wildman–Crippen MR) is 294 cm³/mol. The minimum atomic E-state index is -0.526. The molecule has 16 rings (SSSR count). The van der Waals surface area contributed by atoms with E-state index >= 15 is 0 Å². The van der Waals surface area contributed by atoms with Gasteiger partial charge in [0.1, 0.15) is 11.9 Å². The molecule has 71 heavy (non-hydrogen) atoms. The van der Waals surface area contributed by atoms with Gasteiger partial charge in [0.2, 0.25) is 0 Å². The quantitative estimate of drug-likeness (QED) is 0.164. The highest BCUT2D eigenvalue weighted by molar-refractivity contribution is 6.26. The summed E-state index contributed by atoms with van der Waals surface area (Å²) in [5.41, 5.74) is 17.7. The Morgan fingerprint density at radius 3 is 1.82 bits per heavy atom. The van der Waals surface area contributed by atoms with E-state index in [1.807, 2.05) is 0 Å². The summed E-state index contributed by atoms with van der Waals surface area (Å²) in [6.07, 6.45) is 6.86. The van der Waals surface area contributed by atoms with E-state index in [9.17, 15) is 0 Å². The van der Waals surface area contributed by atoms with Gasteiger partial charge < -0.3 is 14.2 Å². The first kappa shape index (κ1) is 39.0. The number of benzene rings is 11. The van der Waals surface area contributed by atoms with Crippen molar-refractivity contribution in [3.05, 3.63) is 276 Å². The molecule has 11 aromatic carbocycles. The van der Waals surface area contributed by atoms with Crippen LogP contribution < -0.4 is 9.64 Å². The minimum Gasteiger partial charge on any atom is -0.485 e. The molecule has 3 heterocycles. The van der Waals surface area contributed by atoms with Gasteiger partial charge in [-0.05, 0) is 144 Å². The molecule has 1 spiro atoms. The van der Waals surface area contributed by atoms with Crippen molar-refractivity contribution in [3.63, 3.8) is 0 Å². The number of para-hydroxylation sites is 4. The fraction of sp³-hybridized carbons (Fsp3) is 0.0588. The maximum absolute atomic E-state index is 6.44. The van der Waals surface area contributed by atoms with Crippen LogP contribution in [-0.4, -0.2) is 10.7 Å². The van der Waals surface area contributed by atoms with Crippen LogP contribution in [0.3, 0.4) is 0 Å². The number of ether oxygens (including phenoxy) is 1. The van der Waals surface area contributed by atoms with Crippen LogP contribution in [0.4, 0.5) is 17.1 Å². The molecule has 0 radical (unpaired) electrons. The maximum atomic E-state index is 6.44. The van der Waals surface area contributed by atoms with Gasteiger partial charge in [-0.25, -0.2) is 0 Å². The number of hydrogen-bond donors (Lipinski definition) is 0. The van der Waals surface area contributed by atoms with Gasteiger partial charge in [-0.1, -0.05) is 182 Å². The molecule has 4 aliphatic rings. The summed E-state index contributed by atoms with van der Waals surface area (Å²) in [6, 6.07) is 83.9. The molecule has 0 N–H and O–H groups in total. The van der Waals surface area contributed by atoms with Crippen molar-refractivity contribution in [2.75, 3.05) is 4.90 Å². The third-order valence-corrected chi connectivity index (χ3v) is 16.6. The van der Waals surface area contributed by atoms with Crippen molar-refractivity contribution in [1.29, 1.82) is 0 Å². The van der Waals surface area contributed by atoms with Crippen molar-refractivity contribution in [1.82, 2.24) is 4.57 Å². The number of nitrogens with zero attached hydrogens (tertiary/aromatic N) is 2. The molecule has 0 fully saturated rings. The fourth-order valence-corrected chi connectivity index (χ4v) is 13.5. The van der Waals surface area contributed by atoms with Crippen molar-refractivity contribution >= 4 is 76.8 Å². The Kier molecular flexibility index (Phi) is 7.74. The third kappa shape index (κ3) is 5.07. The molecular formula is C68H44N2O. The van der Waals surface area contributed by atoms with Gasteiger partial charge in [-0.2, -0.15) is 0 Å². The smallest absolute Gasteiger partial charge is 0.130 e. The highest BCUT2D eigenvalue weighted by Gasteiger charge is 2.51. The van der Waals surface area contributed by atoms with Crippen LogP contribution in [0.15, 0.2) is 243 Å². The number of anilines is 3. The summed E-state index contributed by atoms with van der Waals surface area (Å²) in [6.45, 7) is 2.30. The standard InChI is InChI=1S/C68H44N2O/c1-67-41-43(31-38-65(67)71-64-28-13-10-24-60(64)67)42-29-32-44(33-30-42)69(45-34-36-51-49-17-3-2-15-47(49)48-16-4-5-18-50(48)55(51)39-45)46-35-37-58-56(40-46)52-19-6-8-22-57(52)68(58)59-23-9-12-27-63(59)70-62-26-11-7-20-53(62)54-21-14-25-61(68)66(54)70/h2-41,65H,1H3. The van der Waals surface area contributed by atoms with Gasteiger partial charge in [-0.15, -0.1) is 0 Å². The molecule has 0 bridgehead atoms. The van der Waals surface area contributed by atoms with Gasteiger partial charge in [-0.3, -0.25) is 0 Å². The molecule has 3 heteroatoms. The van der Waals surface area contributed by atoms with Crippen molar-refractivity contribution in [2.24, 2.45) is 0 Å². The first-order chi connectivity index (χ1) is 35.1. The summed E-state index contributed by atoms with van der Waals surface area (Å²) in [4.78, 5) is 2.47. The second-order valence-corrected chi connectivity index (χ2v) is 20.1. The zero-order valence-corrected chi connectivity index (χ0v) is 39.0. The SMILES string of the molecule is CC12C=C(c3ccc(N(c4ccc5c(c4)-c4ccccc4C54c5ccccc5-n5c6ccccc6c6cccc4c65)c4ccc5c6ccccc6c6ccccc6c5c4)cc3)C=CC1Oc1ccccc12. The van der Waals surface area contributed by atoms with Gasteiger partial charge in [0.15, 0.2) is 0 Å². The van der Waals surface area contributed by atoms with Crippen molar-refractivity contribution < 1.29 is 4.74 Å². The maximum Gasteiger partial charge on any atom is 0.130 e. The topological polar surface area (TPSA) is 17.4 Å². The first-order valence-electron chi connectivity index (χ1n) is 24.9. The molecule has 3 nitrogen and oxygen atoms in total. The highest BCUT2D eigenvalue weighted by atomic mass is 16.5. The Balaban J connectivity index is 0.918. The van der Waals surface area contributed by atoms with E-state index in [2.05, 4.69) is 259 Å². The number of hydrogen-bond acceptors (Lipinski definition) is 2. The van der Waals surface area contributed by atoms with Crippen LogP contribution in [0.1, 0.15) is 40.3 Å². The van der Waals surface area contributed by atoms with E-state index < -0.39 is 5.41 Å². The monoisotopic (exact) mass is 904 g/mol. The lowest BCUT2D eigenvalue weighted by Gasteiger charge is -2.39. The average Bonchev–Trinajstić information content (AvgIpc) is 4.04. The Labute approximate surface area is 411 Å². The molecular weight excluding hydrogens is 861 g/mol. The molecule has 3 atom stereocenters. The van der Waals surface area contributed by atoms with Crippen LogP contribution in [0.2, 0.25) is 0 Å². The number of allylic oxidation sites excluding steroid dienone is 2. The molecule has 2 aliphatic carbocycles. The Morgan fingerprint density at radius 2 is 1.01 bits per heavy atom. The van der Waals surface area contributed by atoms with Crippen molar-refractivity contribution in [2.45, 2.75) is 23.9 Å². The largest absolute Gasteiger partial charge is 0.485 e. The van der Waals surface area contributed by atoms with Crippen LogP contribution in [0.5, 0.6) is 5.75 Å². The second kappa shape index (κ2) is 14.1. The van der Waals surface area contributed by atoms with E-state index in [4.69, 9.17) is 4.74 Å². The zero-order valence-electron chi connectivity index (χ0n) is 39.0. The summed E-state index contributed by atoms with van der Waals surface area (Å²) in [7, 11) is 0. The lowest BCUT2D eigenvalue weighted by atomic mass is 9.65. The minimum absolute atomic E-state index is 0.0243. The average molecular weight is 905 g/mol. The molecule has 332 valence electrons. The van der Waals surface area contributed by atoms with Crippen LogP contribution in [0, 0.1) is 0 Å². The summed E-state index contributed by atoms with van der Waals surface area (Å²) in [5.74, 6) is 0.972. The van der Waals surface area contributed by atoms with Crippen LogP contribution in [-0.2, 0) is 10.8 Å². The van der Waals surface area contributed by atoms with E-state index in [1.54, 1.807) is 0 Å². The van der Waals surface area contributed by atoms with Gasteiger partial charge in [0.05, 0.1) is 27.6 Å². The first-order valence-corrected chi connectivity index (χ1v) is 24.9. The molecule has 3 unspecified atom stereocenters. The van der Waals surface area contributed by atoms with Gasteiger partial charge in [0.25, 0.3) is 0 Å². The highest BCUT2D eigenvalue weighted by Crippen LogP contribution is 2.62. The van der Waals surface area contributed by atoms with E-state index in [0.29, 0.717) is 0 Å². The fourth-order valence-electron chi connectivity index (χ4n) is 13.5. The molecule has 1 aromatic heterocycles. The predicted octanol–water partition coefficient (Wildman–Crippen LogP) is 17.1. The second-order valence-electron chi connectivity index (χ2n) is 20.1. The lowest BCUT2D eigenvalue weighted by Crippen LogP contribution is -2.33. The molecule has 0 amide bonds. The zero-order chi connectivity index (χ0) is 46.6. The Bertz CT molecular complexity index is 4330. The van der Waals surface area contributed by atoms with E-state index in [1.165, 1.54) is 110 Å². The van der Waals surface area contributed by atoms with Crippen LogP contribution in [0.25, 0.3) is 76.5 Å². The molecule has 2 aliphatic heterocycles.